The van der Waals surface area contributed by atoms with Gasteiger partial charge in [0.25, 0.3) is 0 Å². The Morgan fingerprint density at radius 1 is 1.08 bits per heavy atom. The van der Waals surface area contributed by atoms with E-state index in [1.54, 1.807) is 0 Å². The number of ether oxygens (including phenoxy) is 1. The fourth-order valence-electron chi connectivity index (χ4n) is 2.71. The van der Waals surface area contributed by atoms with E-state index >= 15 is 0 Å². The first kappa shape index (κ1) is 23.9. The summed E-state index contributed by atoms with van der Waals surface area (Å²) in [6.07, 6.45) is 2.39. The van der Waals surface area contributed by atoms with Crippen LogP contribution in [0.15, 0.2) is 4.99 Å². The highest BCUT2D eigenvalue weighted by Gasteiger charge is 2.28. The van der Waals surface area contributed by atoms with Crippen LogP contribution in [0, 0.1) is 5.41 Å². The number of nitrogens with zero attached hydrogens (tertiary/aromatic N) is 2. The summed E-state index contributed by atoms with van der Waals surface area (Å²) in [5, 5.41) is 6.82. The molecule has 0 saturated carbocycles. The number of rotatable bonds is 7. The van der Waals surface area contributed by atoms with Crippen molar-refractivity contribution in [2.75, 3.05) is 45.9 Å². The van der Waals surface area contributed by atoms with Crippen LogP contribution < -0.4 is 10.6 Å². The summed E-state index contributed by atoms with van der Waals surface area (Å²) in [4.78, 5) is 7.28. The van der Waals surface area contributed by atoms with E-state index < -0.39 is 0 Å². The van der Waals surface area contributed by atoms with Crippen molar-refractivity contribution >= 4 is 29.9 Å². The average molecular weight is 454 g/mol. The largest absolute Gasteiger partial charge is 0.379 e. The summed E-state index contributed by atoms with van der Waals surface area (Å²) in [5.41, 5.74) is 0.465. The molecule has 0 amide bonds. The molecule has 1 heterocycles. The molecule has 1 aliphatic heterocycles. The molecule has 24 heavy (non-hydrogen) atoms. The third kappa shape index (κ3) is 10.0. The smallest absolute Gasteiger partial charge is 0.191 e. The molecule has 0 aromatic rings. The van der Waals surface area contributed by atoms with Crippen LogP contribution >= 0.6 is 24.0 Å². The first-order valence-electron chi connectivity index (χ1n) is 9.09. The van der Waals surface area contributed by atoms with E-state index in [2.05, 4.69) is 57.1 Å². The van der Waals surface area contributed by atoms with Crippen molar-refractivity contribution in [2.24, 2.45) is 10.4 Å². The van der Waals surface area contributed by atoms with E-state index in [0.717, 1.165) is 51.9 Å². The molecule has 0 aromatic heterocycles. The lowest BCUT2D eigenvalue weighted by Crippen LogP contribution is -2.52. The Kier molecular flexibility index (Phi) is 11.5. The molecule has 0 spiro atoms. The predicted molar refractivity (Wildman–Crippen MR) is 115 cm³/mol. The molecular formula is C18H39IN4O. The topological polar surface area (TPSA) is 48.9 Å². The highest BCUT2D eigenvalue weighted by Crippen LogP contribution is 2.20. The average Bonchev–Trinajstić information content (AvgIpc) is 2.49. The first-order chi connectivity index (χ1) is 10.7. The fraction of sp³-hybridized carbons (Fsp3) is 0.944. The van der Waals surface area contributed by atoms with Gasteiger partial charge >= 0.3 is 0 Å². The summed E-state index contributed by atoms with van der Waals surface area (Å²) in [5.74, 6) is 0.933. The van der Waals surface area contributed by atoms with E-state index in [9.17, 15) is 0 Å². The number of hydrogen-bond acceptors (Lipinski definition) is 3. The molecule has 1 fully saturated rings. The van der Waals surface area contributed by atoms with Crippen LogP contribution in [-0.2, 0) is 4.74 Å². The maximum absolute atomic E-state index is 5.45. The molecule has 0 aliphatic carbocycles. The lowest BCUT2D eigenvalue weighted by molar-refractivity contribution is -0.00683. The van der Waals surface area contributed by atoms with Crippen molar-refractivity contribution in [2.45, 2.75) is 59.9 Å². The summed E-state index contributed by atoms with van der Waals surface area (Å²) < 4.78 is 5.45. The first-order valence-corrected chi connectivity index (χ1v) is 9.09. The van der Waals surface area contributed by atoms with Crippen molar-refractivity contribution in [3.8, 4) is 0 Å². The van der Waals surface area contributed by atoms with Crippen molar-refractivity contribution in [1.29, 1.82) is 0 Å². The minimum Gasteiger partial charge on any atom is -0.379 e. The Morgan fingerprint density at radius 2 is 1.71 bits per heavy atom. The van der Waals surface area contributed by atoms with Crippen molar-refractivity contribution in [3.05, 3.63) is 0 Å². The number of guanidine groups is 1. The Morgan fingerprint density at radius 3 is 2.25 bits per heavy atom. The zero-order valence-electron chi connectivity index (χ0n) is 16.6. The summed E-state index contributed by atoms with van der Waals surface area (Å²) in [6.45, 7) is 19.8. The van der Waals surface area contributed by atoms with Gasteiger partial charge in [0.15, 0.2) is 5.96 Å². The van der Waals surface area contributed by atoms with Gasteiger partial charge in [-0.3, -0.25) is 9.89 Å². The van der Waals surface area contributed by atoms with Gasteiger partial charge in [-0.05, 0) is 39.0 Å². The number of halogens is 1. The molecular weight excluding hydrogens is 415 g/mol. The summed E-state index contributed by atoms with van der Waals surface area (Å²) >= 11 is 0. The molecule has 0 aromatic carbocycles. The highest BCUT2D eigenvalue weighted by atomic mass is 127. The lowest BCUT2D eigenvalue weighted by atomic mass is 9.91. The van der Waals surface area contributed by atoms with Crippen LogP contribution in [0.4, 0.5) is 0 Å². The standard InChI is InChI=1S/C18H38N4O.HI/c1-7-19-16(20-10-8-9-17(2,3)4)21-15-18(5,6)22-11-13-23-14-12-22;/h7-15H2,1-6H3,(H2,19,20,21);1H. The SMILES string of the molecule is CCNC(=NCC(C)(C)N1CCOCC1)NCCCC(C)(C)C.I. The number of aliphatic imine (C=N–C) groups is 1. The lowest BCUT2D eigenvalue weighted by Gasteiger charge is -2.39. The Labute approximate surface area is 166 Å². The van der Waals surface area contributed by atoms with Gasteiger partial charge in [-0.1, -0.05) is 20.8 Å². The quantitative estimate of drug-likeness (QED) is 0.269. The van der Waals surface area contributed by atoms with Crippen LogP contribution in [0.5, 0.6) is 0 Å². The molecule has 5 nitrogen and oxygen atoms in total. The second-order valence-corrected chi connectivity index (χ2v) is 8.20. The summed E-state index contributed by atoms with van der Waals surface area (Å²) in [7, 11) is 0. The molecule has 1 saturated heterocycles. The predicted octanol–water partition coefficient (Wildman–Crippen LogP) is 3.10. The minimum absolute atomic E-state index is 0. The van der Waals surface area contributed by atoms with Gasteiger partial charge in [0, 0.05) is 31.7 Å². The van der Waals surface area contributed by atoms with Crippen LogP contribution in [0.25, 0.3) is 0 Å². The monoisotopic (exact) mass is 454 g/mol. The second-order valence-electron chi connectivity index (χ2n) is 8.20. The van der Waals surface area contributed by atoms with Crippen LogP contribution in [0.1, 0.15) is 54.4 Å². The minimum atomic E-state index is 0. The van der Waals surface area contributed by atoms with Crippen LogP contribution in [-0.4, -0.2) is 62.3 Å². The van der Waals surface area contributed by atoms with Gasteiger partial charge in [0.05, 0.1) is 19.8 Å². The van der Waals surface area contributed by atoms with Gasteiger partial charge in [-0.15, -0.1) is 24.0 Å². The molecule has 0 bridgehead atoms. The van der Waals surface area contributed by atoms with Crippen molar-refractivity contribution < 1.29 is 4.74 Å². The van der Waals surface area contributed by atoms with Gasteiger partial charge in [0.1, 0.15) is 0 Å². The van der Waals surface area contributed by atoms with Gasteiger partial charge < -0.3 is 15.4 Å². The van der Waals surface area contributed by atoms with Gasteiger partial charge in [-0.2, -0.15) is 0 Å². The Balaban J connectivity index is 0.00000529. The maximum Gasteiger partial charge on any atom is 0.191 e. The number of hydrogen-bond donors (Lipinski definition) is 2. The molecule has 1 aliphatic rings. The molecule has 0 radical (unpaired) electrons. The van der Waals surface area contributed by atoms with E-state index in [-0.39, 0.29) is 29.5 Å². The third-order valence-corrected chi connectivity index (χ3v) is 4.23. The van der Waals surface area contributed by atoms with Gasteiger partial charge in [0.2, 0.25) is 0 Å². The molecule has 2 N–H and O–H groups in total. The normalized spacial score (nSPS) is 17.3. The third-order valence-electron chi connectivity index (χ3n) is 4.23. The maximum atomic E-state index is 5.45. The van der Waals surface area contributed by atoms with E-state index in [4.69, 9.17) is 9.73 Å². The second kappa shape index (κ2) is 11.5. The van der Waals surface area contributed by atoms with Gasteiger partial charge in [-0.25, -0.2) is 0 Å². The van der Waals surface area contributed by atoms with E-state index in [1.165, 1.54) is 12.8 Å². The highest BCUT2D eigenvalue weighted by molar-refractivity contribution is 14.0. The molecule has 0 unspecified atom stereocenters. The van der Waals surface area contributed by atoms with E-state index in [1.807, 2.05) is 0 Å². The molecule has 144 valence electrons. The van der Waals surface area contributed by atoms with Crippen LogP contribution in [0.2, 0.25) is 0 Å². The molecule has 1 rings (SSSR count). The zero-order valence-corrected chi connectivity index (χ0v) is 18.9. The Hall–Kier alpha value is -0.0800. The number of morpholine rings is 1. The number of nitrogens with one attached hydrogen (secondary N) is 2. The van der Waals surface area contributed by atoms with Crippen LogP contribution in [0.3, 0.4) is 0 Å². The van der Waals surface area contributed by atoms with Crippen molar-refractivity contribution in [1.82, 2.24) is 15.5 Å². The molecule has 0 atom stereocenters. The van der Waals surface area contributed by atoms with Crippen molar-refractivity contribution in [3.63, 3.8) is 0 Å². The zero-order chi connectivity index (χ0) is 17.3. The molecule has 6 heteroatoms. The van der Waals surface area contributed by atoms with E-state index in [0.29, 0.717) is 5.41 Å². The fourth-order valence-corrected chi connectivity index (χ4v) is 2.71. The summed E-state index contributed by atoms with van der Waals surface area (Å²) in [6, 6.07) is 0. The Bertz CT molecular complexity index is 361.